The lowest BCUT2D eigenvalue weighted by Crippen LogP contribution is -2.35. The van der Waals surface area contributed by atoms with Gasteiger partial charge in [0.15, 0.2) is 11.6 Å². The Hall–Kier alpha value is -1.49. The van der Waals surface area contributed by atoms with Gasteiger partial charge in [-0.2, -0.15) is 0 Å². The van der Waals surface area contributed by atoms with Crippen molar-refractivity contribution in [1.82, 2.24) is 4.90 Å². The van der Waals surface area contributed by atoms with Crippen LogP contribution in [0.3, 0.4) is 0 Å². The Morgan fingerprint density at radius 1 is 1.38 bits per heavy atom. The zero-order valence-electron chi connectivity index (χ0n) is 12.2. The fourth-order valence-corrected chi connectivity index (χ4v) is 2.34. The number of aryl methyl sites for hydroxylation is 1. The van der Waals surface area contributed by atoms with Crippen molar-refractivity contribution in [1.29, 1.82) is 0 Å². The van der Waals surface area contributed by atoms with Gasteiger partial charge in [-0.05, 0) is 49.3 Å². The number of nitrogens with zero attached hydrogens (tertiary/aromatic N) is 1. The van der Waals surface area contributed by atoms with Gasteiger partial charge in [0.2, 0.25) is 5.91 Å². The van der Waals surface area contributed by atoms with Gasteiger partial charge in [0.1, 0.15) is 0 Å². The molecule has 0 heterocycles. The molecule has 5 heteroatoms. The van der Waals surface area contributed by atoms with Crippen molar-refractivity contribution in [3.8, 4) is 0 Å². The first-order valence-corrected chi connectivity index (χ1v) is 7.33. The summed E-state index contributed by atoms with van der Waals surface area (Å²) < 4.78 is 25.8. The first kappa shape index (κ1) is 15.9. The molecular formula is C16H21F2NO2. The summed E-state index contributed by atoms with van der Waals surface area (Å²) in [5.74, 6) is -1.40. The molecule has 1 unspecified atom stereocenters. The second-order valence-corrected chi connectivity index (χ2v) is 5.78. The van der Waals surface area contributed by atoms with Gasteiger partial charge >= 0.3 is 0 Å². The van der Waals surface area contributed by atoms with E-state index in [0.29, 0.717) is 37.3 Å². The molecule has 0 aromatic heterocycles. The fraction of sp³-hybridized carbons (Fsp3) is 0.562. The molecule has 116 valence electrons. The molecule has 1 amide bonds. The molecule has 1 saturated carbocycles. The maximum absolute atomic E-state index is 13.0. The highest BCUT2D eigenvalue weighted by atomic mass is 19.2. The van der Waals surface area contributed by atoms with Crippen LogP contribution < -0.4 is 0 Å². The quantitative estimate of drug-likeness (QED) is 0.840. The average Bonchev–Trinajstić information content (AvgIpc) is 3.27. The van der Waals surface area contributed by atoms with Crippen molar-refractivity contribution in [2.24, 2.45) is 5.92 Å². The average molecular weight is 297 g/mol. The first-order chi connectivity index (χ1) is 9.97. The summed E-state index contributed by atoms with van der Waals surface area (Å²) in [5.41, 5.74) is 0.683. The van der Waals surface area contributed by atoms with E-state index in [4.69, 9.17) is 0 Å². The molecule has 1 N–H and O–H groups in total. The first-order valence-electron chi connectivity index (χ1n) is 7.33. The standard InChI is InChI=1S/C16H21F2NO2/c1-19(10-15(20)12-6-7-12)16(21)4-2-3-11-5-8-13(17)14(18)9-11/h5,8-9,12,15,20H,2-4,6-7,10H2,1H3. The van der Waals surface area contributed by atoms with E-state index in [9.17, 15) is 18.7 Å². The number of hydrogen-bond donors (Lipinski definition) is 1. The number of aliphatic hydroxyl groups is 1. The molecule has 1 aliphatic rings. The molecule has 2 rings (SSSR count). The summed E-state index contributed by atoms with van der Waals surface area (Å²) in [7, 11) is 1.69. The van der Waals surface area contributed by atoms with E-state index in [0.717, 1.165) is 18.9 Å². The zero-order valence-corrected chi connectivity index (χ0v) is 12.2. The fourth-order valence-electron chi connectivity index (χ4n) is 2.34. The summed E-state index contributed by atoms with van der Waals surface area (Å²) in [6.45, 7) is 0.370. The summed E-state index contributed by atoms with van der Waals surface area (Å²) in [6, 6.07) is 3.80. The minimum Gasteiger partial charge on any atom is -0.391 e. The molecule has 3 nitrogen and oxygen atoms in total. The van der Waals surface area contributed by atoms with E-state index in [-0.39, 0.29) is 5.91 Å². The topological polar surface area (TPSA) is 40.5 Å². The van der Waals surface area contributed by atoms with E-state index < -0.39 is 17.7 Å². The number of benzene rings is 1. The van der Waals surface area contributed by atoms with Crippen LogP contribution in [0.1, 0.15) is 31.2 Å². The van der Waals surface area contributed by atoms with Crippen molar-refractivity contribution in [3.63, 3.8) is 0 Å². The van der Waals surface area contributed by atoms with Crippen molar-refractivity contribution in [3.05, 3.63) is 35.4 Å². The Morgan fingerprint density at radius 2 is 2.10 bits per heavy atom. The largest absolute Gasteiger partial charge is 0.391 e. The molecule has 0 aliphatic heterocycles. The Labute approximate surface area is 123 Å². The number of rotatable bonds is 7. The second-order valence-electron chi connectivity index (χ2n) is 5.78. The predicted molar refractivity (Wildman–Crippen MR) is 75.7 cm³/mol. The Morgan fingerprint density at radius 3 is 2.71 bits per heavy atom. The van der Waals surface area contributed by atoms with Gasteiger partial charge < -0.3 is 10.0 Å². The number of carbonyl (C=O) groups is 1. The lowest BCUT2D eigenvalue weighted by molar-refractivity contribution is -0.131. The molecule has 1 aromatic carbocycles. The molecule has 0 radical (unpaired) electrons. The number of carbonyl (C=O) groups excluding carboxylic acids is 1. The minimum absolute atomic E-state index is 0.0303. The molecule has 1 atom stereocenters. The molecule has 0 saturated heterocycles. The minimum atomic E-state index is -0.858. The van der Waals surface area contributed by atoms with Crippen molar-refractivity contribution in [2.75, 3.05) is 13.6 Å². The van der Waals surface area contributed by atoms with Crippen LogP contribution in [0.5, 0.6) is 0 Å². The zero-order chi connectivity index (χ0) is 15.4. The Bertz CT molecular complexity index is 503. The van der Waals surface area contributed by atoms with Gasteiger partial charge in [-0.15, -0.1) is 0 Å². The van der Waals surface area contributed by atoms with Gasteiger partial charge in [-0.25, -0.2) is 8.78 Å². The monoisotopic (exact) mass is 297 g/mol. The normalized spacial score (nSPS) is 15.8. The number of hydrogen-bond acceptors (Lipinski definition) is 2. The maximum atomic E-state index is 13.0. The Kier molecular flexibility index (Phi) is 5.28. The van der Waals surface area contributed by atoms with Gasteiger partial charge in [0, 0.05) is 20.0 Å². The van der Waals surface area contributed by atoms with E-state index >= 15 is 0 Å². The van der Waals surface area contributed by atoms with Crippen LogP contribution in [0.25, 0.3) is 0 Å². The number of amides is 1. The smallest absolute Gasteiger partial charge is 0.222 e. The van der Waals surface area contributed by atoms with E-state index in [1.165, 1.54) is 12.1 Å². The molecule has 0 spiro atoms. The summed E-state index contributed by atoms with van der Waals surface area (Å²) in [6.07, 6.45) is 3.10. The Balaban J connectivity index is 1.71. The number of halogens is 2. The third-order valence-electron chi connectivity index (χ3n) is 3.89. The number of aliphatic hydroxyl groups excluding tert-OH is 1. The summed E-state index contributed by atoms with van der Waals surface area (Å²) >= 11 is 0. The summed E-state index contributed by atoms with van der Waals surface area (Å²) in [5, 5.41) is 9.80. The molecule has 0 bridgehead atoms. The third-order valence-corrected chi connectivity index (χ3v) is 3.89. The van der Waals surface area contributed by atoms with E-state index in [2.05, 4.69) is 0 Å². The number of likely N-dealkylation sites (N-methyl/N-ethyl adjacent to an activating group) is 1. The highest BCUT2D eigenvalue weighted by Crippen LogP contribution is 2.32. The van der Waals surface area contributed by atoms with Crippen LogP contribution in [0.2, 0.25) is 0 Å². The molecule has 1 aromatic rings. The molecule has 21 heavy (non-hydrogen) atoms. The van der Waals surface area contributed by atoms with E-state index in [1.807, 2.05) is 0 Å². The van der Waals surface area contributed by atoms with Crippen LogP contribution in [0.4, 0.5) is 8.78 Å². The van der Waals surface area contributed by atoms with Crippen LogP contribution in [0.15, 0.2) is 18.2 Å². The van der Waals surface area contributed by atoms with Crippen molar-refractivity contribution in [2.45, 2.75) is 38.2 Å². The SMILES string of the molecule is CN(CC(O)C1CC1)C(=O)CCCc1ccc(F)c(F)c1. The highest BCUT2D eigenvalue weighted by molar-refractivity contribution is 5.75. The van der Waals surface area contributed by atoms with Gasteiger partial charge in [0.25, 0.3) is 0 Å². The highest BCUT2D eigenvalue weighted by Gasteiger charge is 2.30. The van der Waals surface area contributed by atoms with Gasteiger partial charge in [0.05, 0.1) is 6.10 Å². The van der Waals surface area contributed by atoms with Crippen LogP contribution in [0, 0.1) is 17.6 Å². The molecule has 1 aliphatic carbocycles. The van der Waals surface area contributed by atoms with Crippen LogP contribution in [-0.2, 0) is 11.2 Å². The predicted octanol–water partition coefficient (Wildman–Crippen LogP) is 2.52. The lowest BCUT2D eigenvalue weighted by atomic mass is 10.1. The van der Waals surface area contributed by atoms with Gasteiger partial charge in [-0.3, -0.25) is 4.79 Å². The summed E-state index contributed by atoms with van der Waals surface area (Å²) in [4.78, 5) is 13.5. The molecule has 1 fully saturated rings. The van der Waals surface area contributed by atoms with E-state index in [1.54, 1.807) is 11.9 Å². The lowest BCUT2D eigenvalue weighted by Gasteiger charge is -2.20. The van der Waals surface area contributed by atoms with Crippen LogP contribution in [-0.4, -0.2) is 35.6 Å². The maximum Gasteiger partial charge on any atom is 0.222 e. The van der Waals surface area contributed by atoms with Crippen LogP contribution >= 0.6 is 0 Å². The van der Waals surface area contributed by atoms with Crippen molar-refractivity contribution >= 4 is 5.91 Å². The third kappa shape index (κ3) is 4.77. The molecular weight excluding hydrogens is 276 g/mol. The van der Waals surface area contributed by atoms with Crippen molar-refractivity contribution < 1.29 is 18.7 Å². The second kappa shape index (κ2) is 6.98. The van der Waals surface area contributed by atoms with Gasteiger partial charge in [-0.1, -0.05) is 6.07 Å².